The van der Waals surface area contributed by atoms with E-state index in [1.54, 1.807) is 0 Å². The molecule has 3 aromatic rings. The Bertz CT molecular complexity index is 1020. The van der Waals surface area contributed by atoms with Crippen molar-refractivity contribution in [2.45, 2.75) is 57.8 Å². The maximum absolute atomic E-state index is 6.04. The Morgan fingerprint density at radius 2 is 1.76 bits per heavy atom. The summed E-state index contributed by atoms with van der Waals surface area (Å²) in [6, 6.07) is 21.3. The summed E-state index contributed by atoms with van der Waals surface area (Å²) < 4.78 is 0. The number of hydrogen-bond donors (Lipinski definition) is 0. The topological polar surface area (TPSA) is 0 Å². The molecule has 0 nitrogen and oxygen atoms in total. The normalized spacial score (nSPS) is 18.1. The number of hydrogen-bond acceptors (Lipinski definition) is 0. The molecule has 1 heteroatoms. The summed E-state index contributed by atoms with van der Waals surface area (Å²) in [7, 11) is 0. The lowest BCUT2D eigenvalue weighted by Gasteiger charge is -2.31. The minimum atomic E-state index is 0.320. The van der Waals surface area contributed by atoms with Gasteiger partial charge in [-0.05, 0) is 71.3 Å². The monoisotopic (exact) mass is 400 g/mol. The Morgan fingerprint density at radius 3 is 2.59 bits per heavy atom. The van der Waals surface area contributed by atoms with Crippen LogP contribution in [0.15, 0.2) is 60.7 Å². The standard InChI is InChI=1S/C28H29Cl/c1-2-3-4-5-8-23-15-19-27-25-10-7-6-9-22(25)14-20-28(27)26(23)18-13-21-11-16-24(29)17-12-21/h6-7,9-12,14,16-17,20,23,26H,2-5,8,15,19H2,1H3/t23-,26+/m1/s1. The van der Waals surface area contributed by atoms with Crippen LogP contribution in [0.2, 0.25) is 5.02 Å². The van der Waals surface area contributed by atoms with E-state index in [1.807, 2.05) is 24.3 Å². The van der Waals surface area contributed by atoms with E-state index in [2.05, 4.69) is 55.2 Å². The van der Waals surface area contributed by atoms with Crippen molar-refractivity contribution in [2.75, 3.05) is 0 Å². The van der Waals surface area contributed by atoms with Crippen LogP contribution in [0.5, 0.6) is 0 Å². The molecule has 0 aliphatic heterocycles. The highest BCUT2D eigenvalue weighted by Gasteiger charge is 2.29. The molecule has 0 bridgehead atoms. The number of benzene rings is 3. The molecule has 0 heterocycles. The summed E-state index contributed by atoms with van der Waals surface area (Å²) in [4.78, 5) is 0. The van der Waals surface area contributed by atoms with Crippen molar-refractivity contribution in [3.05, 3.63) is 82.4 Å². The predicted molar refractivity (Wildman–Crippen MR) is 126 cm³/mol. The Hall–Kier alpha value is -2.23. The van der Waals surface area contributed by atoms with Crippen LogP contribution in [-0.2, 0) is 6.42 Å². The van der Waals surface area contributed by atoms with E-state index >= 15 is 0 Å². The van der Waals surface area contributed by atoms with E-state index < -0.39 is 0 Å². The first-order valence-corrected chi connectivity index (χ1v) is 11.4. The van der Waals surface area contributed by atoms with Gasteiger partial charge in [0.25, 0.3) is 0 Å². The van der Waals surface area contributed by atoms with E-state index in [-0.39, 0.29) is 0 Å². The van der Waals surface area contributed by atoms with Crippen molar-refractivity contribution >= 4 is 22.4 Å². The molecule has 0 saturated carbocycles. The number of aryl methyl sites for hydroxylation is 1. The lowest BCUT2D eigenvalue weighted by molar-refractivity contribution is 0.381. The predicted octanol–water partition coefficient (Wildman–Crippen LogP) is 8.16. The first kappa shape index (κ1) is 20.1. The van der Waals surface area contributed by atoms with Gasteiger partial charge in [0.1, 0.15) is 0 Å². The van der Waals surface area contributed by atoms with Crippen LogP contribution in [0.25, 0.3) is 10.8 Å². The molecule has 0 unspecified atom stereocenters. The smallest absolute Gasteiger partial charge is 0.0487 e. The fraction of sp³-hybridized carbons (Fsp3) is 0.357. The highest BCUT2D eigenvalue weighted by Crippen LogP contribution is 2.41. The van der Waals surface area contributed by atoms with Gasteiger partial charge in [-0.3, -0.25) is 0 Å². The van der Waals surface area contributed by atoms with Crippen LogP contribution in [-0.4, -0.2) is 0 Å². The zero-order chi connectivity index (χ0) is 20.1. The Labute approximate surface area is 180 Å². The number of fused-ring (bicyclic) bond motifs is 3. The van der Waals surface area contributed by atoms with Gasteiger partial charge in [-0.2, -0.15) is 0 Å². The van der Waals surface area contributed by atoms with Gasteiger partial charge in [-0.1, -0.05) is 92.4 Å². The van der Waals surface area contributed by atoms with E-state index in [9.17, 15) is 0 Å². The van der Waals surface area contributed by atoms with Gasteiger partial charge in [0.2, 0.25) is 0 Å². The van der Waals surface area contributed by atoms with Crippen molar-refractivity contribution in [3.8, 4) is 11.8 Å². The molecule has 0 fully saturated rings. The molecule has 0 saturated heterocycles. The summed E-state index contributed by atoms with van der Waals surface area (Å²) in [5.74, 6) is 8.10. The number of halogens is 1. The molecule has 0 amide bonds. The SMILES string of the molecule is CCCCCC[C@@H]1CCc2c(ccc3ccccc23)[C@H]1C#Cc1ccc(Cl)cc1. The second-order valence-corrected chi connectivity index (χ2v) is 8.69. The van der Waals surface area contributed by atoms with Gasteiger partial charge in [-0.15, -0.1) is 0 Å². The molecule has 148 valence electrons. The molecule has 2 atom stereocenters. The van der Waals surface area contributed by atoms with Gasteiger partial charge >= 0.3 is 0 Å². The van der Waals surface area contributed by atoms with E-state index in [1.165, 1.54) is 66.8 Å². The minimum Gasteiger partial charge on any atom is -0.0894 e. The summed E-state index contributed by atoms with van der Waals surface area (Å²) in [6.45, 7) is 2.28. The van der Waals surface area contributed by atoms with Gasteiger partial charge in [0, 0.05) is 16.5 Å². The maximum Gasteiger partial charge on any atom is 0.0487 e. The van der Waals surface area contributed by atoms with Crippen molar-refractivity contribution in [3.63, 3.8) is 0 Å². The van der Waals surface area contributed by atoms with Gasteiger partial charge in [0.05, 0.1) is 0 Å². The van der Waals surface area contributed by atoms with Gasteiger partial charge in [0.15, 0.2) is 0 Å². The summed E-state index contributed by atoms with van der Waals surface area (Å²) in [5.41, 5.74) is 4.02. The third-order valence-electron chi connectivity index (χ3n) is 6.29. The van der Waals surface area contributed by atoms with Crippen LogP contribution in [0.3, 0.4) is 0 Å². The molecule has 0 aromatic heterocycles. The Morgan fingerprint density at radius 1 is 0.931 bits per heavy atom. The highest BCUT2D eigenvalue weighted by molar-refractivity contribution is 6.30. The fourth-order valence-electron chi connectivity index (χ4n) is 4.71. The molecule has 1 aliphatic rings. The Kier molecular flexibility index (Phi) is 6.58. The molecular formula is C28H29Cl. The largest absolute Gasteiger partial charge is 0.0894 e. The maximum atomic E-state index is 6.04. The molecule has 4 rings (SSSR count). The van der Waals surface area contributed by atoms with Crippen molar-refractivity contribution in [1.29, 1.82) is 0 Å². The zero-order valence-corrected chi connectivity index (χ0v) is 18.0. The van der Waals surface area contributed by atoms with Crippen LogP contribution in [0, 0.1) is 17.8 Å². The highest BCUT2D eigenvalue weighted by atomic mass is 35.5. The average molecular weight is 401 g/mol. The molecule has 29 heavy (non-hydrogen) atoms. The molecule has 3 aromatic carbocycles. The third-order valence-corrected chi connectivity index (χ3v) is 6.55. The number of unbranched alkanes of at least 4 members (excludes halogenated alkanes) is 3. The van der Waals surface area contributed by atoms with Crippen LogP contribution >= 0.6 is 11.6 Å². The van der Waals surface area contributed by atoms with E-state index in [0.717, 1.165) is 10.6 Å². The van der Waals surface area contributed by atoms with Crippen molar-refractivity contribution in [2.24, 2.45) is 5.92 Å². The first-order valence-electron chi connectivity index (χ1n) is 11.0. The lowest BCUT2D eigenvalue weighted by Crippen LogP contribution is -2.20. The average Bonchev–Trinajstić information content (AvgIpc) is 2.76. The summed E-state index contributed by atoms with van der Waals surface area (Å²) >= 11 is 6.04. The molecule has 0 radical (unpaired) electrons. The van der Waals surface area contributed by atoms with E-state index in [0.29, 0.717) is 11.8 Å². The molecule has 1 aliphatic carbocycles. The van der Waals surface area contributed by atoms with Crippen LogP contribution in [0.1, 0.15) is 68.1 Å². The summed E-state index contributed by atoms with van der Waals surface area (Å²) in [5, 5.41) is 3.52. The van der Waals surface area contributed by atoms with E-state index in [4.69, 9.17) is 11.6 Å². The molecular weight excluding hydrogens is 372 g/mol. The molecule has 0 N–H and O–H groups in total. The number of rotatable bonds is 5. The van der Waals surface area contributed by atoms with Crippen molar-refractivity contribution < 1.29 is 0 Å². The quantitative estimate of drug-likeness (QED) is 0.299. The van der Waals surface area contributed by atoms with Crippen LogP contribution in [0.4, 0.5) is 0 Å². The molecule has 0 spiro atoms. The zero-order valence-electron chi connectivity index (χ0n) is 17.3. The first-order chi connectivity index (χ1) is 14.3. The fourth-order valence-corrected chi connectivity index (χ4v) is 4.83. The third kappa shape index (κ3) is 4.68. The second kappa shape index (κ2) is 9.51. The van der Waals surface area contributed by atoms with Crippen LogP contribution < -0.4 is 0 Å². The van der Waals surface area contributed by atoms with Crippen molar-refractivity contribution in [1.82, 2.24) is 0 Å². The minimum absolute atomic E-state index is 0.320. The Balaban J connectivity index is 1.68. The summed E-state index contributed by atoms with van der Waals surface area (Å²) in [6.07, 6.45) is 9.00. The lowest BCUT2D eigenvalue weighted by atomic mass is 9.72. The van der Waals surface area contributed by atoms with Gasteiger partial charge in [-0.25, -0.2) is 0 Å². The van der Waals surface area contributed by atoms with Gasteiger partial charge < -0.3 is 0 Å². The second-order valence-electron chi connectivity index (χ2n) is 8.26.